The Morgan fingerprint density at radius 1 is 1.39 bits per heavy atom. The number of carbonyl (C=O) groups excluding carboxylic acids is 1. The average molecular weight is 333 g/mol. The number of carbonyl (C=O) groups is 1. The van der Waals surface area contributed by atoms with Crippen LogP contribution >= 0.6 is 0 Å². The van der Waals surface area contributed by atoms with Crippen LogP contribution in [0.2, 0.25) is 0 Å². The largest absolute Gasteiger partial charge is 0.431 e. The van der Waals surface area contributed by atoms with E-state index in [0.717, 1.165) is 32.0 Å². The van der Waals surface area contributed by atoms with Crippen molar-refractivity contribution in [1.82, 2.24) is 0 Å². The molecule has 23 heavy (non-hydrogen) atoms. The summed E-state index contributed by atoms with van der Waals surface area (Å²) in [6.45, 7) is 2.05. The van der Waals surface area contributed by atoms with Gasteiger partial charge in [0.05, 0.1) is 11.3 Å². The Hall–Kier alpha value is -2.30. The second-order valence-electron chi connectivity index (χ2n) is 5.31. The molecule has 2 atom stereocenters. The van der Waals surface area contributed by atoms with Crippen molar-refractivity contribution in [2.45, 2.75) is 31.8 Å². The number of alkyl halides is 4. The van der Waals surface area contributed by atoms with Gasteiger partial charge in [0.15, 0.2) is 6.17 Å². The minimum atomic E-state index is -5.28. The lowest BCUT2D eigenvalue weighted by Gasteiger charge is -2.39. The van der Waals surface area contributed by atoms with Crippen LogP contribution in [0, 0.1) is 24.2 Å². The van der Waals surface area contributed by atoms with Gasteiger partial charge >= 0.3 is 12.3 Å². The van der Waals surface area contributed by atoms with Crippen LogP contribution in [0.4, 0.5) is 32.4 Å². The van der Waals surface area contributed by atoms with E-state index in [1.807, 2.05) is 0 Å². The third-order valence-corrected chi connectivity index (χ3v) is 3.77. The quantitative estimate of drug-likeness (QED) is 0.565. The minimum absolute atomic E-state index is 0.320. The summed E-state index contributed by atoms with van der Waals surface area (Å²) in [6, 6.07) is 4.73. The maximum Gasteiger partial charge on any atom is 0.431 e. The Kier molecular flexibility index (Phi) is 4.01. The van der Waals surface area contributed by atoms with E-state index in [9.17, 15) is 26.7 Å². The van der Waals surface area contributed by atoms with Gasteiger partial charge < -0.3 is 4.74 Å². The molecule has 0 bridgehead atoms. The van der Waals surface area contributed by atoms with E-state index in [1.54, 1.807) is 6.04 Å². The lowest BCUT2D eigenvalue weighted by atomic mass is 9.81. The highest BCUT2D eigenvalue weighted by Crippen LogP contribution is 2.53. The number of benzene rings is 1. The molecule has 1 aliphatic heterocycles. The van der Waals surface area contributed by atoms with Crippen molar-refractivity contribution in [3.05, 3.63) is 29.6 Å². The van der Waals surface area contributed by atoms with Crippen LogP contribution < -0.4 is 4.90 Å². The highest BCUT2D eigenvalue weighted by atomic mass is 19.4. The van der Waals surface area contributed by atoms with Crippen molar-refractivity contribution in [2.75, 3.05) is 4.90 Å². The molecular weight excluding hydrogens is 321 g/mol. The molecule has 1 heterocycles. The molecule has 1 amide bonds. The third kappa shape index (κ3) is 2.31. The monoisotopic (exact) mass is 333 g/mol. The maximum absolute atomic E-state index is 14.9. The number of amides is 1. The van der Waals surface area contributed by atoms with Crippen molar-refractivity contribution in [3.8, 4) is 12.5 Å². The standard InChI is InChI=1S/C15H12F5NO2/c1-4-21-10-7-5-6-9(16)11(10)12(17)14(8(2)3,15(18,19)20)23-13(21)22/h1,5-8,12H,2-3H3. The van der Waals surface area contributed by atoms with Crippen molar-refractivity contribution in [3.63, 3.8) is 0 Å². The van der Waals surface area contributed by atoms with Gasteiger partial charge in [-0.25, -0.2) is 18.5 Å². The number of anilines is 1. The van der Waals surface area contributed by atoms with Gasteiger partial charge in [-0.3, -0.25) is 0 Å². The van der Waals surface area contributed by atoms with Crippen molar-refractivity contribution in [1.29, 1.82) is 0 Å². The predicted molar refractivity (Wildman–Crippen MR) is 71.7 cm³/mol. The molecule has 1 aliphatic rings. The summed E-state index contributed by atoms with van der Waals surface area (Å²) in [6.07, 6.45) is -4.74. The Morgan fingerprint density at radius 3 is 2.48 bits per heavy atom. The highest BCUT2D eigenvalue weighted by molar-refractivity contribution is 5.93. The lowest BCUT2D eigenvalue weighted by molar-refractivity contribution is -0.294. The van der Waals surface area contributed by atoms with Crippen LogP contribution in [0.3, 0.4) is 0 Å². The molecule has 2 rings (SSSR count). The second kappa shape index (κ2) is 5.41. The number of terminal acetylenes is 1. The van der Waals surface area contributed by atoms with E-state index >= 15 is 0 Å². The highest BCUT2D eigenvalue weighted by Gasteiger charge is 2.68. The first-order valence-electron chi connectivity index (χ1n) is 6.56. The summed E-state index contributed by atoms with van der Waals surface area (Å²) in [4.78, 5) is 12.3. The first-order chi connectivity index (χ1) is 10.6. The van der Waals surface area contributed by atoms with Gasteiger partial charge in [0, 0.05) is 12.0 Å². The van der Waals surface area contributed by atoms with Crippen molar-refractivity contribution >= 4 is 11.8 Å². The SMILES string of the molecule is C#CN1C(=O)OC(C(C)C)(C(F)(F)F)C(F)c2c(F)cccc21. The lowest BCUT2D eigenvalue weighted by Crippen LogP contribution is -2.56. The van der Waals surface area contributed by atoms with Crippen LogP contribution in [0.25, 0.3) is 0 Å². The molecule has 8 heteroatoms. The summed E-state index contributed by atoms with van der Waals surface area (Å²) in [5.41, 5.74) is -4.99. The summed E-state index contributed by atoms with van der Waals surface area (Å²) in [5, 5.41) is 0. The summed E-state index contributed by atoms with van der Waals surface area (Å²) < 4.78 is 74.2. The second-order valence-corrected chi connectivity index (χ2v) is 5.31. The third-order valence-electron chi connectivity index (χ3n) is 3.77. The topological polar surface area (TPSA) is 29.5 Å². The van der Waals surface area contributed by atoms with Gasteiger partial charge in [0.1, 0.15) is 5.82 Å². The van der Waals surface area contributed by atoms with Crippen LogP contribution in [-0.4, -0.2) is 17.9 Å². The molecule has 1 aromatic rings. The molecule has 0 spiro atoms. The van der Waals surface area contributed by atoms with Crippen LogP contribution in [0.5, 0.6) is 0 Å². The molecule has 0 radical (unpaired) electrons. The Labute approximate surface area is 129 Å². The zero-order valence-electron chi connectivity index (χ0n) is 12.1. The number of rotatable bonds is 1. The number of hydrogen-bond donors (Lipinski definition) is 0. The molecule has 2 unspecified atom stereocenters. The summed E-state index contributed by atoms with van der Waals surface area (Å²) in [7, 11) is 0. The van der Waals surface area contributed by atoms with E-state index < -0.39 is 47.0 Å². The van der Waals surface area contributed by atoms with E-state index in [1.165, 1.54) is 0 Å². The first kappa shape index (κ1) is 17.1. The molecular formula is C15H12F5NO2. The number of cyclic esters (lactones) is 1. The molecule has 124 valence electrons. The molecule has 0 fully saturated rings. The summed E-state index contributed by atoms with van der Waals surface area (Å²) >= 11 is 0. The first-order valence-corrected chi connectivity index (χ1v) is 6.56. The molecule has 0 saturated heterocycles. The fourth-order valence-corrected chi connectivity index (χ4v) is 2.59. The number of hydrogen-bond acceptors (Lipinski definition) is 2. The van der Waals surface area contributed by atoms with E-state index in [2.05, 4.69) is 4.74 Å². The number of halogens is 5. The van der Waals surface area contributed by atoms with Gasteiger partial charge in [-0.15, -0.1) is 0 Å². The minimum Gasteiger partial charge on any atom is -0.428 e. The fraction of sp³-hybridized carbons (Fsp3) is 0.400. The zero-order valence-corrected chi connectivity index (χ0v) is 12.1. The Balaban J connectivity index is 2.85. The fourth-order valence-electron chi connectivity index (χ4n) is 2.59. The Morgan fingerprint density at radius 2 is 2.00 bits per heavy atom. The van der Waals surface area contributed by atoms with Crippen molar-refractivity contribution < 1.29 is 31.5 Å². The van der Waals surface area contributed by atoms with Gasteiger partial charge in [0.2, 0.25) is 5.60 Å². The van der Waals surface area contributed by atoms with Gasteiger partial charge in [-0.1, -0.05) is 26.3 Å². The molecule has 0 N–H and O–H groups in total. The van der Waals surface area contributed by atoms with E-state index in [-0.39, 0.29) is 0 Å². The van der Waals surface area contributed by atoms with Crippen LogP contribution in [-0.2, 0) is 4.74 Å². The van der Waals surface area contributed by atoms with E-state index in [4.69, 9.17) is 6.42 Å². The van der Waals surface area contributed by atoms with Crippen molar-refractivity contribution in [2.24, 2.45) is 5.92 Å². The molecule has 1 aromatic carbocycles. The number of fused-ring (bicyclic) bond motifs is 1. The Bertz CT molecular complexity index is 679. The zero-order chi connectivity index (χ0) is 17.6. The molecule has 3 nitrogen and oxygen atoms in total. The maximum atomic E-state index is 14.9. The number of nitrogens with zero attached hydrogens (tertiary/aromatic N) is 1. The van der Waals surface area contributed by atoms with Gasteiger partial charge in [-0.05, 0) is 12.1 Å². The van der Waals surface area contributed by atoms with Gasteiger partial charge in [-0.2, -0.15) is 13.2 Å². The molecule has 0 aromatic heterocycles. The smallest absolute Gasteiger partial charge is 0.428 e. The molecule has 0 aliphatic carbocycles. The van der Waals surface area contributed by atoms with Gasteiger partial charge in [0.25, 0.3) is 0 Å². The normalized spacial score (nSPS) is 24.7. The number of ether oxygens (including phenoxy) is 1. The van der Waals surface area contributed by atoms with Crippen LogP contribution in [0.1, 0.15) is 25.6 Å². The predicted octanol–water partition coefficient (Wildman–Crippen LogP) is 4.34. The average Bonchev–Trinajstić information content (AvgIpc) is 2.52. The van der Waals surface area contributed by atoms with Crippen LogP contribution in [0.15, 0.2) is 18.2 Å². The summed E-state index contributed by atoms with van der Waals surface area (Å²) in [5.74, 6) is -2.77. The molecule has 0 saturated carbocycles. The van der Waals surface area contributed by atoms with E-state index in [0.29, 0.717) is 4.90 Å².